The van der Waals surface area contributed by atoms with E-state index in [0.29, 0.717) is 17.7 Å². The van der Waals surface area contributed by atoms with Crippen LogP contribution in [0.15, 0.2) is 82.6 Å². The van der Waals surface area contributed by atoms with Gasteiger partial charge in [-0.1, -0.05) is 54.4 Å². The molecule has 7 nitrogen and oxygen atoms in total. The van der Waals surface area contributed by atoms with Crippen LogP contribution in [0.4, 0.5) is 0 Å². The first-order valence-electron chi connectivity index (χ1n) is 10.9. The van der Waals surface area contributed by atoms with E-state index in [2.05, 4.69) is 9.44 Å². The van der Waals surface area contributed by atoms with Gasteiger partial charge in [-0.25, -0.2) is 26.3 Å². The molecule has 3 aromatic rings. The van der Waals surface area contributed by atoms with Crippen LogP contribution in [0.1, 0.15) is 36.1 Å². The predicted molar refractivity (Wildman–Crippen MR) is 133 cm³/mol. The lowest BCUT2D eigenvalue weighted by Gasteiger charge is -2.28. The Balaban J connectivity index is 2.00. The van der Waals surface area contributed by atoms with Crippen LogP contribution in [0.2, 0.25) is 0 Å². The lowest BCUT2D eigenvalue weighted by atomic mass is 9.99. The van der Waals surface area contributed by atoms with Crippen molar-refractivity contribution in [3.8, 4) is 5.75 Å². The highest BCUT2D eigenvalue weighted by Crippen LogP contribution is 2.26. The fourth-order valence-electron chi connectivity index (χ4n) is 3.52. The average Bonchev–Trinajstić information content (AvgIpc) is 2.82. The minimum Gasteiger partial charge on any atom is -0.497 e. The average molecular weight is 503 g/mol. The van der Waals surface area contributed by atoms with E-state index in [0.717, 1.165) is 11.1 Å². The normalized spacial score (nSPS) is 13.9. The smallest absolute Gasteiger partial charge is 0.241 e. The van der Waals surface area contributed by atoms with Gasteiger partial charge in [0, 0.05) is 6.04 Å². The van der Waals surface area contributed by atoms with Crippen molar-refractivity contribution in [3.63, 3.8) is 0 Å². The second kappa shape index (κ2) is 10.7. The molecule has 0 radical (unpaired) electrons. The molecule has 3 aromatic carbocycles. The summed E-state index contributed by atoms with van der Waals surface area (Å²) in [5.74, 6) is 0.608. The molecule has 34 heavy (non-hydrogen) atoms. The number of nitrogens with one attached hydrogen (secondary N) is 2. The Morgan fingerprint density at radius 2 is 1.15 bits per heavy atom. The van der Waals surface area contributed by atoms with Crippen LogP contribution in [0.3, 0.4) is 0 Å². The van der Waals surface area contributed by atoms with E-state index < -0.39 is 32.1 Å². The van der Waals surface area contributed by atoms with Crippen molar-refractivity contribution in [2.45, 2.75) is 49.1 Å². The third-order valence-electron chi connectivity index (χ3n) is 5.57. The van der Waals surface area contributed by atoms with Gasteiger partial charge in [0.25, 0.3) is 0 Å². The predicted octanol–water partition coefficient (Wildman–Crippen LogP) is 4.09. The molecule has 0 bridgehead atoms. The maximum atomic E-state index is 13.2. The zero-order chi connectivity index (χ0) is 24.9. The lowest BCUT2D eigenvalue weighted by molar-refractivity contribution is 0.413. The number of ether oxygens (including phenoxy) is 1. The van der Waals surface area contributed by atoms with E-state index in [-0.39, 0.29) is 9.79 Å². The molecule has 0 fully saturated rings. The Morgan fingerprint density at radius 1 is 0.706 bits per heavy atom. The van der Waals surface area contributed by atoms with Crippen LogP contribution >= 0.6 is 0 Å². The molecule has 9 heteroatoms. The molecular weight excluding hydrogens is 472 g/mol. The number of benzene rings is 3. The number of hydrogen-bond donors (Lipinski definition) is 2. The first kappa shape index (κ1) is 25.9. The molecule has 0 saturated heterocycles. The minimum atomic E-state index is -3.94. The lowest BCUT2D eigenvalue weighted by Crippen LogP contribution is -2.45. The molecule has 2 N–H and O–H groups in total. The number of methoxy groups -OCH3 is 1. The summed E-state index contributed by atoms with van der Waals surface area (Å²) in [7, 11) is -6.29. The third-order valence-corrected chi connectivity index (χ3v) is 8.53. The van der Waals surface area contributed by atoms with Crippen LogP contribution in [0.25, 0.3) is 0 Å². The van der Waals surface area contributed by atoms with Crippen molar-refractivity contribution in [1.29, 1.82) is 0 Å². The number of aryl methyl sites for hydroxylation is 2. The van der Waals surface area contributed by atoms with E-state index in [4.69, 9.17) is 4.74 Å². The monoisotopic (exact) mass is 502 g/mol. The molecule has 0 amide bonds. The standard InChI is InChI=1S/C25H30N2O5S2/c1-5-24(26-33(28,29)22-14-6-18(2)7-15-22)25(20-10-12-21(32-4)13-11-20)27-34(30,31)23-16-8-19(3)9-17-23/h6-17,24-27H,5H2,1-4H3/t24-,25+/m0/s1. The summed E-state index contributed by atoms with van der Waals surface area (Å²) in [5, 5.41) is 0. The molecule has 0 unspecified atom stereocenters. The highest BCUT2D eigenvalue weighted by atomic mass is 32.2. The molecule has 0 aliphatic rings. The summed E-state index contributed by atoms with van der Waals surface area (Å²) in [6.07, 6.45) is 0.345. The van der Waals surface area contributed by atoms with Crippen molar-refractivity contribution < 1.29 is 21.6 Å². The van der Waals surface area contributed by atoms with Crippen LogP contribution in [-0.2, 0) is 20.0 Å². The van der Waals surface area contributed by atoms with E-state index in [1.165, 1.54) is 31.4 Å². The molecule has 0 heterocycles. The van der Waals surface area contributed by atoms with Crippen molar-refractivity contribution in [2.24, 2.45) is 0 Å². The summed E-state index contributed by atoms with van der Waals surface area (Å²) in [6.45, 7) is 5.55. The Labute approximate surface area is 202 Å². The van der Waals surface area contributed by atoms with Crippen LogP contribution in [0.5, 0.6) is 5.75 Å². The third kappa shape index (κ3) is 6.24. The van der Waals surface area contributed by atoms with Crippen molar-refractivity contribution in [2.75, 3.05) is 7.11 Å². The summed E-state index contributed by atoms with van der Waals surface area (Å²) in [4.78, 5) is 0.222. The van der Waals surface area contributed by atoms with E-state index in [9.17, 15) is 16.8 Å². The van der Waals surface area contributed by atoms with Gasteiger partial charge in [-0.05, 0) is 62.2 Å². The topological polar surface area (TPSA) is 102 Å². The molecule has 0 aliphatic carbocycles. The first-order chi connectivity index (χ1) is 16.1. The SMILES string of the molecule is CC[C@H](NS(=O)(=O)c1ccc(C)cc1)[C@H](NS(=O)(=O)c1ccc(C)cc1)c1ccc(OC)cc1. The zero-order valence-electron chi connectivity index (χ0n) is 19.6. The van der Waals surface area contributed by atoms with Gasteiger partial charge in [0.1, 0.15) is 5.75 Å². The molecule has 0 spiro atoms. The van der Waals surface area contributed by atoms with E-state index in [1.54, 1.807) is 55.5 Å². The summed E-state index contributed by atoms with van der Waals surface area (Å²) in [6, 6.07) is 18.3. The Morgan fingerprint density at radius 3 is 1.56 bits per heavy atom. The molecule has 0 aliphatic heterocycles. The molecular formula is C25H30N2O5S2. The quantitative estimate of drug-likeness (QED) is 0.435. The van der Waals surface area contributed by atoms with Crippen LogP contribution < -0.4 is 14.2 Å². The maximum absolute atomic E-state index is 13.2. The van der Waals surface area contributed by atoms with Crippen molar-refractivity contribution in [3.05, 3.63) is 89.5 Å². The highest BCUT2D eigenvalue weighted by molar-refractivity contribution is 7.90. The van der Waals surface area contributed by atoms with Gasteiger partial charge in [-0.3, -0.25) is 0 Å². The van der Waals surface area contributed by atoms with Gasteiger partial charge < -0.3 is 4.74 Å². The zero-order valence-corrected chi connectivity index (χ0v) is 21.3. The summed E-state index contributed by atoms with van der Waals surface area (Å²) < 4.78 is 63.3. The van der Waals surface area contributed by atoms with E-state index >= 15 is 0 Å². The van der Waals surface area contributed by atoms with Crippen molar-refractivity contribution >= 4 is 20.0 Å². The molecule has 3 rings (SSSR count). The minimum absolute atomic E-state index is 0.104. The van der Waals surface area contributed by atoms with Gasteiger partial charge in [0.05, 0.1) is 22.9 Å². The Hall–Kier alpha value is -2.72. The fourth-order valence-corrected chi connectivity index (χ4v) is 6.12. The number of rotatable bonds is 10. The van der Waals surface area contributed by atoms with Gasteiger partial charge >= 0.3 is 0 Å². The van der Waals surface area contributed by atoms with Gasteiger partial charge in [-0.2, -0.15) is 0 Å². The number of hydrogen-bond acceptors (Lipinski definition) is 5. The molecule has 0 saturated carbocycles. The van der Waals surface area contributed by atoms with E-state index in [1.807, 2.05) is 13.8 Å². The van der Waals surface area contributed by atoms with Gasteiger partial charge in [-0.15, -0.1) is 0 Å². The Kier molecular flexibility index (Phi) is 8.14. The summed E-state index contributed by atoms with van der Waals surface area (Å²) in [5.41, 5.74) is 2.48. The second-order valence-corrected chi connectivity index (χ2v) is 11.6. The number of sulfonamides is 2. The fraction of sp³-hybridized carbons (Fsp3) is 0.280. The first-order valence-corrected chi connectivity index (χ1v) is 13.8. The molecule has 0 aromatic heterocycles. The highest BCUT2D eigenvalue weighted by Gasteiger charge is 2.31. The largest absolute Gasteiger partial charge is 0.497 e. The maximum Gasteiger partial charge on any atom is 0.241 e. The van der Waals surface area contributed by atoms with Gasteiger partial charge in [0.15, 0.2) is 0 Å². The Bertz CT molecular complexity index is 1300. The van der Waals surface area contributed by atoms with Crippen molar-refractivity contribution in [1.82, 2.24) is 9.44 Å². The van der Waals surface area contributed by atoms with Crippen LogP contribution in [-0.4, -0.2) is 30.0 Å². The van der Waals surface area contributed by atoms with Crippen LogP contribution in [0, 0.1) is 13.8 Å². The van der Waals surface area contributed by atoms with Gasteiger partial charge in [0.2, 0.25) is 20.0 Å². The molecule has 182 valence electrons. The second-order valence-electron chi connectivity index (χ2n) is 8.13. The molecule has 2 atom stereocenters. The summed E-state index contributed by atoms with van der Waals surface area (Å²) >= 11 is 0.